The Morgan fingerprint density at radius 2 is 1.73 bits per heavy atom. The van der Waals surface area contributed by atoms with Crippen molar-refractivity contribution in [3.05, 3.63) is 89.0 Å². The Hall–Kier alpha value is -3.52. The van der Waals surface area contributed by atoms with Gasteiger partial charge in [-0.1, -0.05) is 108 Å². The maximum absolute atomic E-state index is 15.0. The maximum atomic E-state index is 15.0. The molecule has 4 unspecified atom stereocenters. The van der Waals surface area contributed by atoms with E-state index >= 15 is 4.79 Å². The standard InChI is InChI=1S/C57H78NO12P/c1-38(2)53(62)65-37-50(61)57-51(67-54(68-57)40-20-11-8-12-21-40)33-46-45-24-23-43-32-44(59)26-27-55(43,3)52(45)49(34-56(46,57)4)70-71(63)66-36-42-31-41(22-25-48(42)69-71)47(60)35-58-28-14-5-6-15-29-64-30-16-13-19-39-17-9-7-10-18-39/h7,9-10,17-18,22,25-27,31-32,38,40,45-47,49,51-52,54,58,60H,5-6,8,11-16,19-21,23-24,28-30,33-37H2,1-4H3/t45?,46?,47-,49-,51+,52?,54+,55-,56-,57+,71?/m0/s1. The second-order valence-corrected chi connectivity index (χ2v) is 23.9. The number of ketones is 2. The fourth-order valence-electron chi connectivity index (χ4n) is 13.7. The number of aryl methyl sites for hydroxylation is 1. The zero-order valence-electron chi connectivity index (χ0n) is 42.5. The van der Waals surface area contributed by atoms with Crippen LogP contribution >= 0.6 is 7.82 Å². The molecule has 13 nitrogen and oxygen atoms in total. The van der Waals surface area contributed by atoms with Crippen LogP contribution in [0.3, 0.4) is 0 Å². The molecule has 2 heterocycles. The van der Waals surface area contributed by atoms with Crippen molar-refractivity contribution in [2.75, 3.05) is 32.9 Å². The number of unbranched alkanes of at least 4 members (excludes halogenated alkanes) is 4. The number of carbonyl (C=O) groups is 3. The van der Waals surface area contributed by atoms with Gasteiger partial charge in [-0.3, -0.25) is 23.4 Å². The SMILES string of the molecule is CC(C)C(=O)OCC(=O)[C@@]12O[C@H](C3CCCCC3)O[C@@H]1CC1C3CCC4=CC(=O)C=C[C@]4(C)C3[C@@H](OP3(=O)OCc4cc([C@@H](O)CNCCCCCCOCCCCc5ccccc5)ccc4O3)C[C@@]12C. The number of hydrogen-bond acceptors (Lipinski definition) is 13. The summed E-state index contributed by atoms with van der Waals surface area (Å²) in [6.45, 7) is 10.00. The van der Waals surface area contributed by atoms with Gasteiger partial charge in [0.25, 0.3) is 0 Å². The van der Waals surface area contributed by atoms with Gasteiger partial charge < -0.3 is 33.9 Å². The van der Waals surface area contributed by atoms with Gasteiger partial charge in [-0.05, 0) is 124 Å². The number of Topliss-reactive ketones (excluding diaryl/α,β-unsaturated/α-hetero) is 1. The number of allylic oxidation sites excluding steroid dienone is 4. The van der Waals surface area contributed by atoms with E-state index in [0.717, 1.165) is 109 Å². The summed E-state index contributed by atoms with van der Waals surface area (Å²) in [7, 11) is -4.29. The van der Waals surface area contributed by atoms with Crippen LogP contribution in [-0.2, 0) is 60.0 Å². The number of fused-ring (bicyclic) bond motifs is 8. The highest BCUT2D eigenvalue weighted by Crippen LogP contribution is 2.72. The minimum Gasteiger partial charge on any atom is -0.457 e. The molecule has 5 aliphatic carbocycles. The highest BCUT2D eigenvalue weighted by atomic mass is 31.2. The van der Waals surface area contributed by atoms with Gasteiger partial charge in [-0.15, -0.1) is 0 Å². The monoisotopic (exact) mass is 1000 g/mol. The summed E-state index contributed by atoms with van der Waals surface area (Å²) in [4.78, 5) is 40.6. The van der Waals surface area contributed by atoms with Crippen LogP contribution in [-0.4, -0.2) is 79.7 Å². The number of hydrogen-bond donors (Lipinski definition) is 2. The number of phosphoric acid groups is 1. The average molecular weight is 1000 g/mol. The van der Waals surface area contributed by atoms with E-state index in [9.17, 15) is 19.3 Å². The molecule has 5 fully saturated rings. The normalized spacial score (nSPS) is 33.5. The molecular formula is C57H78NO12P. The van der Waals surface area contributed by atoms with Crippen molar-refractivity contribution in [1.82, 2.24) is 5.32 Å². The average Bonchev–Trinajstić information content (AvgIpc) is 3.87. The first-order chi connectivity index (χ1) is 34.2. The molecule has 11 atom stereocenters. The Morgan fingerprint density at radius 1 is 0.958 bits per heavy atom. The Balaban J connectivity index is 0.843. The number of rotatable bonds is 22. The molecule has 0 aromatic heterocycles. The zero-order chi connectivity index (χ0) is 49.8. The number of aliphatic hydroxyl groups is 1. The third-order valence-corrected chi connectivity index (χ3v) is 18.8. The van der Waals surface area contributed by atoms with E-state index in [1.54, 1.807) is 38.1 Å². The van der Waals surface area contributed by atoms with Crippen LogP contribution in [0.4, 0.5) is 0 Å². The number of phosphoric ester groups is 1. The number of benzene rings is 2. The lowest BCUT2D eigenvalue weighted by atomic mass is 9.46. The largest absolute Gasteiger partial charge is 0.530 e. The zero-order valence-corrected chi connectivity index (χ0v) is 43.4. The predicted molar refractivity (Wildman–Crippen MR) is 268 cm³/mol. The molecule has 71 heavy (non-hydrogen) atoms. The van der Waals surface area contributed by atoms with Gasteiger partial charge >= 0.3 is 13.8 Å². The summed E-state index contributed by atoms with van der Waals surface area (Å²) in [6.07, 6.45) is 17.6. The first-order valence-electron chi connectivity index (χ1n) is 27.0. The van der Waals surface area contributed by atoms with Crippen molar-refractivity contribution in [2.24, 2.45) is 40.4 Å². The molecule has 0 radical (unpaired) electrons. The van der Waals surface area contributed by atoms with Crippen LogP contribution < -0.4 is 9.84 Å². The van der Waals surface area contributed by atoms with Crippen LogP contribution in [0.15, 0.2) is 72.3 Å². The van der Waals surface area contributed by atoms with E-state index in [1.165, 1.54) is 5.56 Å². The second-order valence-electron chi connectivity index (χ2n) is 22.3. The Bertz CT molecular complexity index is 2310. The van der Waals surface area contributed by atoms with Crippen molar-refractivity contribution in [1.29, 1.82) is 0 Å². The van der Waals surface area contributed by atoms with E-state index in [1.807, 2.05) is 12.1 Å². The van der Waals surface area contributed by atoms with Crippen LogP contribution in [0.5, 0.6) is 5.75 Å². The van der Waals surface area contributed by atoms with E-state index in [-0.39, 0.29) is 48.3 Å². The van der Waals surface area contributed by atoms with Crippen LogP contribution in [0.25, 0.3) is 0 Å². The van der Waals surface area contributed by atoms with Gasteiger partial charge in [0.15, 0.2) is 24.3 Å². The molecule has 2 N–H and O–H groups in total. The predicted octanol–water partition coefficient (Wildman–Crippen LogP) is 10.7. The fourth-order valence-corrected chi connectivity index (χ4v) is 15.1. The van der Waals surface area contributed by atoms with E-state index in [0.29, 0.717) is 36.3 Å². The number of esters is 1. The summed E-state index contributed by atoms with van der Waals surface area (Å²) < 4.78 is 59.7. The van der Waals surface area contributed by atoms with Gasteiger partial charge in [0, 0.05) is 48.0 Å². The summed E-state index contributed by atoms with van der Waals surface area (Å²) in [5.74, 6) is -1.11. The molecule has 7 aliphatic rings. The summed E-state index contributed by atoms with van der Waals surface area (Å²) >= 11 is 0. The molecule has 1 saturated heterocycles. The molecular weight excluding hydrogens is 922 g/mol. The lowest BCUT2D eigenvalue weighted by Gasteiger charge is -2.60. The Morgan fingerprint density at radius 3 is 2.52 bits per heavy atom. The highest BCUT2D eigenvalue weighted by Gasteiger charge is 2.77. The van der Waals surface area contributed by atoms with Gasteiger partial charge in [0.05, 0.1) is 30.8 Å². The van der Waals surface area contributed by atoms with Crippen LogP contribution in [0.2, 0.25) is 0 Å². The molecule has 388 valence electrons. The van der Waals surface area contributed by atoms with Crippen molar-refractivity contribution >= 4 is 25.4 Å². The lowest BCUT2D eigenvalue weighted by molar-refractivity contribution is -0.209. The van der Waals surface area contributed by atoms with Gasteiger partial charge in [0.1, 0.15) is 5.75 Å². The number of aliphatic hydroxyl groups excluding tert-OH is 1. The van der Waals surface area contributed by atoms with Gasteiger partial charge in [0.2, 0.25) is 5.78 Å². The van der Waals surface area contributed by atoms with Crippen LogP contribution in [0.1, 0.15) is 147 Å². The molecule has 0 amide bonds. The first-order valence-corrected chi connectivity index (χ1v) is 28.4. The third-order valence-electron chi connectivity index (χ3n) is 17.4. The Labute approximate surface area is 421 Å². The fraction of sp³-hybridized carbons (Fsp3) is 0.667. The minimum absolute atomic E-state index is 0.0424. The molecule has 9 rings (SSSR count). The smallest absolute Gasteiger partial charge is 0.457 e. The lowest BCUT2D eigenvalue weighted by Crippen LogP contribution is -2.64. The molecule has 2 aliphatic heterocycles. The van der Waals surface area contributed by atoms with E-state index < -0.39 is 67.3 Å². The molecule has 2 aromatic rings. The maximum Gasteiger partial charge on any atom is 0.530 e. The summed E-state index contributed by atoms with van der Waals surface area (Å²) in [6, 6.07) is 15.9. The van der Waals surface area contributed by atoms with E-state index in [4.69, 9.17) is 32.5 Å². The second kappa shape index (κ2) is 22.5. The third kappa shape index (κ3) is 11.0. The molecule has 0 spiro atoms. The van der Waals surface area contributed by atoms with Crippen molar-refractivity contribution in [3.8, 4) is 5.75 Å². The number of ether oxygens (including phenoxy) is 4. The highest BCUT2D eigenvalue weighted by molar-refractivity contribution is 7.49. The van der Waals surface area contributed by atoms with Crippen molar-refractivity contribution in [3.63, 3.8) is 0 Å². The minimum atomic E-state index is -4.29. The number of carbonyl (C=O) groups excluding carboxylic acids is 3. The van der Waals surface area contributed by atoms with Crippen molar-refractivity contribution < 1.29 is 56.6 Å². The molecule has 14 heteroatoms. The number of nitrogens with one attached hydrogen (secondary N) is 1. The molecule has 4 saturated carbocycles. The van der Waals surface area contributed by atoms with E-state index in [2.05, 4.69) is 49.5 Å². The van der Waals surface area contributed by atoms with Crippen LogP contribution in [0, 0.1) is 40.4 Å². The topological polar surface area (TPSA) is 165 Å². The summed E-state index contributed by atoms with van der Waals surface area (Å²) in [5, 5.41) is 14.6. The van der Waals surface area contributed by atoms with Gasteiger partial charge in [-0.2, -0.15) is 0 Å². The van der Waals surface area contributed by atoms with Gasteiger partial charge in [-0.25, -0.2) is 4.57 Å². The summed E-state index contributed by atoms with van der Waals surface area (Å²) in [5.41, 5.74) is 0.789. The molecule has 0 bridgehead atoms. The molecule has 2 aromatic carbocycles. The quantitative estimate of drug-likeness (QED) is 0.0651. The first kappa shape index (κ1) is 52.3. The Kier molecular flexibility index (Phi) is 16.6. The van der Waals surface area contributed by atoms with Crippen molar-refractivity contribution in [2.45, 2.75) is 167 Å².